The predicted molar refractivity (Wildman–Crippen MR) is 72.9 cm³/mol. The van der Waals surface area contributed by atoms with Gasteiger partial charge in [0, 0.05) is 18.0 Å². The van der Waals surface area contributed by atoms with Crippen molar-refractivity contribution >= 4 is 0 Å². The molecule has 0 amide bonds. The lowest BCUT2D eigenvalue weighted by atomic mass is 9.96. The molecule has 2 aromatic carbocycles. The molecule has 0 saturated heterocycles. The lowest BCUT2D eigenvalue weighted by Gasteiger charge is -2.09. The normalized spacial score (nSPS) is 10.4. The second kappa shape index (κ2) is 4.98. The summed E-state index contributed by atoms with van der Waals surface area (Å²) < 4.78 is 13.0. The summed E-state index contributed by atoms with van der Waals surface area (Å²) >= 11 is 0. The van der Waals surface area contributed by atoms with Crippen LogP contribution in [-0.2, 0) is 0 Å². The lowest BCUT2D eigenvalue weighted by Crippen LogP contribution is -1.87. The van der Waals surface area contributed by atoms with Crippen LogP contribution < -0.4 is 0 Å². The van der Waals surface area contributed by atoms with Gasteiger partial charge in [0.15, 0.2) is 0 Å². The average molecular weight is 250 g/mol. The number of halogens is 1. The molecule has 0 fully saturated rings. The third kappa shape index (κ3) is 2.36. The quantitative estimate of drug-likeness (QED) is 0.688. The topological polar surface area (TPSA) is 25.8 Å². The van der Waals surface area contributed by atoms with Gasteiger partial charge in [-0.25, -0.2) is 14.4 Å². The Morgan fingerprint density at radius 2 is 1.26 bits per heavy atom. The van der Waals surface area contributed by atoms with E-state index in [0.29, 0.717) is 0 Å². The van der Waals surface area contributed by atoms with Crippen molar-refractivity contribution < 1.29 is 4.39 Å². The molecule has 0 radical (unpaired) electrons. The van der Waals surface area contributed by atoms with Crippen molar-refractivity contribution in [3.63, 3.8) is 0 Å². The lowest BCUT2D eigenvalue weighted by molar-refractivity contribution is 0.628. The van der Waals surface area contributed by atoms with E-state index >= 15 is 0 Å². The molecule has 3 rings (SSSR count). The monoisotopic (exact) mass is 250 g/mol. The fraction of sp³-hybridized carbons (Fsp3) is 0. The van der Waals surface area contributed by atoms with E-state index in [2.05, 4.69) is 9.97 Å². The summed E-state index contributed by atoms with van der Waals surface area (Å²) in [6.45, 7) is 0. The van der Waals surface area contributed by atoms with Crippen molar-refractivity contribution in [1.82, 2.24) is 9.97 Å². The van der Waals surface area contributed by atoms with E-state index in [0.717, 1.165) is 22.3 Å². The second-order valence-electron chi connectivity index (χ2n) is 4.18. The zero-order valence-corrected chi connectivity index (χ0v) is 10.1. The van der Waals surface area contributed by atoms with Crippen molar-refractivity contribution in [2.75, 3.05) is 0 Å². The van der Waals surface area contributed by atoms with Gasteiger partial charge < -0.3 is 0 Å². The van der Waals surface area contributed by atoms with Crippen molar-refractivity contribution in [2.24, 2.45) is 0 Å². The highest BCUT2D eigenvalue weighted by Gasteiger charge is 2.07. The van der Waals surface area contributed by atoms with Crippen LogP contribution in [0.1, 0.15) is 0 Å². The first-order chi connectivity index (χ1) is 9.34. The fourth-order valence-electron chi connectivity index (χ4n) is 2.05. The summed E-state index contributed by atoms with van der Waals surface area (Å²) in [5.41, 5.74) is 4.00. The molecule has 0 aliphatic rings. The van der Waals surface area contributed by atoms with Gasteiger partial charge in [-0.15, -0.1) is 0 Å². The van der Waals surface area contributed by atoms with Crippen molar-refractivity contribution in [3.05, 3.63) is 73.1 Å². The van der Waals surface area contributed by atoms with Crippen LogP contribution in [0.5, 0.6) is 0 Å². The highest BCUT2D eigenvalue weighted by molar-refractivity contribution is 5.82. The van der Waals surface area contributed by atoms with Gasteiger partial charge in [0.05, 0.1) is 0 Å². The maximum atomic E-state index is 13.0. The molecule has 2 nitrogen and oxygen atoms in total. The second-order valence-corrected chi connectivity index (χ2v) is 4.18. The van der Waals surface area contributed by atoms with Gasteiger partial charge in [-0.3, -0.25) is 0 Å². The van der Waals surface area contributed by atoms with Crippen LogP contribution in [0.2, 0.25) is 0 Å². The van der Waals surface area contributed by atoms with E-state index in [1.807, 2.05) is 24.3 Å². The standard InChI is InChI=1S/C16H11FN2/c17-14-7-5-12(6-8-14)15-3-1-2-4-16(15)13-9-18-11-19-10-13/h1-11H. The summed E-state index contributed by atoms with van der Waals surface area (Å²) in [6.07, 6.45) is 5.05. The van der Waals surface area contributed by atoms with Crippen molar-refractivity contribution in [1.29, 1.82) is 0 Å². The Labute approximate surface area is 110 Å². The third-order valence-electron chi connectivity index (χ3n) is 2.95. The Balaban J connectivity index is 2.15. The molecule has 19 heavy (non-hydrogen) atoms. The van der Waals surface area contributed by atoms with Gasteiger partial charge in [-0.1, -0.05) is 36.4 Å². The minimum Gasteiger partial charge on any atom is -0.244 e. The molecule has 0 saturated carbocycles. The highest BCUT2D eigenvalue weighted by Crippen LogP contribution is 2.31. The van der Waals surface area contributed by atoms with Crippen molar-refractivity contribution in [3.8, 4) is 22.3 Å². The minimum absolute atomic E-state index is 0.232. The Morgan fingerprint density at radius 1 is 0.684 bits per heavy atom. The van der Waals surface area contributed by atoms with E-state index in [9.17, 15) is 4.39 Å². The third-order valence-corrected chi connectivity index (χ3v) is 2.95. The molecule has 1 aromatic heterocycles. The number of aromatic nitrogens is 2. The maximum Gasteiger partial charge on any atom is 0.123 e. The summed E-state index contributed by atoms with van der Waals surface area (Å²) in [6, 6.07) is 14.4. The SMILES string of the molecule is Fc1ccc(-c2ccccc2-c2cncnc2)cc1. The highest BCUT2D eigenvalue weighted by atomic mass is 19.1. The summed E-state index contributed by atoms with van der Waals surface area (Å²) in [4.78, 5) is 8.08. The van der Waals surface area contributed by atoms with Crippen LogP contribution in [0.3, 0.4) is 0 Å². The molecule has 3 heteroatoms. The van der Waals surface area contributed by atoms with E-state index < -0.39 is 0 Å². The Kier molecular flexibility index (Phi) is 3.02. The molecule has 1 heterocycles. The van der Waals surface area contributed by atoms with Crippen LogP contribution in [0.25, 0.3) is 22.3 Å². The van der Waals surface area contributed by atoms with Crippen LogP contribution >= 0.6 is 0 Å². The average Bonchev–Trinajstić information content (AvgIpc) is 2.49. The van der Waals surface area contributed by atoms with Gasteiger partial charge >= 0.3 is 0 Å². The molecular weight excluding hydrogens is 239 g/mol. The van der Waals surface area contributed by atoms with Crippen molar-refractivity contribution in [2.45, 2.75) is 0 Å². The van der Waals surface area contributed by atoms with Gasteiger partial charge in [0.2, 0.25) is 0 Å². The molecule has 0 spiro atoms. The minimum atomic E-state index is -0.232. The van der Waals surface area contributed by atoms with Gasteiger partial charge in [-0.2, -0.15) is 0 Å². The Bertz CT molecular complexity index is 679. The summed E-state index contributed by atoms with van der Waals surface area (Å²) in [5, 5.41) is 0. The van der Waals surface area contributed by atoms with Crippen LogP contribution in [0.4, 0.5) is 4.39 Å². The number of benzene rings is 2. The molecule has 0 aliphatic heterocycles. The number of nitrogens with zero attached hydrogens (tertiary/aromatic N) is 2. The molecule has 0 unspecified atom stereocenters. The van der Waals surface area contributed by atoms with E-state index in [-0.39, 0.29) is 5.82 Å². The zero-order chi connectivity index (χ0) is 13.1. The summed E-state index contributed by atoms with van der Waals surface area (Å²) in [7, 11) is 0. The van der Waals surface area contributed by atoms with Crippen LogP contribution in [-0.4, -0.2) is 9.97 Å². The Hall–Kier alpha value is -2.55. The molecule has 92 valence electrons. The van der Waals surface area contributed by atoms with Crippen LogP contribution in [0, 0.1) is 5.82 Å². The van der Waals surface area contributed by atoms with E-state index in [1.165, 1.54) is 18.5 Å². The fourth-order valence-corrected chi connectivity index (χ4v) is 2.05. The molecule has 0 aliphatic carbocycles. The first kappa shape index (κ1) is 11.5. The van der Waals surface area contributed by atoms with Gasteiger partial charge in [-0.05, 0) is 28.8 Å². The van der Waals surface area contributed by atoms with E-state index in [4.69, 9.17) is 0 Å². The zero-order valence-electron chi connectivity index (χ0n) is 10.1. The molecule has 0 bridgehead atoms. The molecule has 0 atom stereocenters. The molecule has 0 N–H and O–H groups in total. The summed E-state index contributed by atoms with van der Waals surface area (Å²) in [5.74, 6) is -0.232. The Morgan fingerprint density at radius 3 is 1.89 bits per heavy atom. The van der Waals surface area contributed by atoms with Crippen LogP contribution in [0.15, 0.2) is 67.3 Å². The number of hydrogen-bond donors (Lipinski definition) is 0. The maximum absolute atomic E-state index is 13.0. The number of hydrogen-bond acceptors (Lipinski definition) is 2. The van der Waals surface area contributed by atoms with E-state index in [1.54, 1.807) is 24.5 Å². The van der Waals surface area contributed by atoms with Gasteiger partial charge in [0.25, 0.3) is 0 Å². The molecular formula is C16H11FN2. The largest absolute Gasteiger partial charge is 0.244 e. The molecule has 3 aromatic rings. The predicted octanol–water partition coefficient (Wildman–Crippen LogP) is 3.95. The van der Waals surface area contributed by atoms with Gasteiger partial charge in [0.1, 0.15) is 12.1 Å². The smallest absolute Gasteiger partial charge is 0.123 e. The number of rotatable bonds is 2. The first-order valence-corrected chi connectivity index (χ1v) is 5.95. The first-order valence-electron chi connectivity index (χ1n) is 5.95.